The summed E-state index contributed by atoms with van der Waals surface area (Å²) < 4.78 is 0. The molecule has 2 N–H and O–H groups in total. The number of hydrogen-bond acceptors (Lipinski definition) is 3. The molecule has 3 rings (SSSR count). The van der Waals surface area contributed by atoms with E-state index >= 15 is 0 Å². The van der Waals surface area contributed by atoms with Crippen LogP contribution in [0.3, 0.4) is 0 Å². The molecule has 0 bridgehead atoms. The fourth-order valence-electron chi connectivity index (χ4n) is 3.90. The van der Waals surface area contributed by atoms with Crippen LogP contribution in [-0.2, 0) is 9.59 Å². The molecule has 1 aliphatic carbocycles. The monoisotopic (exact) mass is 399 g/mol. The molecule has 0 spiro atoms. The zero-order valence-electron chi connectivity index (χ0n) is 17.7. The van der Waals surface area contributed by atoms with Gasteiger partial charge in [-0.25, -0.2) is 0 Å². The summed E-state index contributed by atoms with van der Waals surface area (Å²) in [5, 5.41) is 5.97. The van der Waals surface area contributed by atoms with Crippen molar-refractivity contribution in [3.8, 4) is 0 Å². The van der Waals surface area contributed by atoms with Gasteiger partial charge in [0.1, 0.15) is 6.04 Å². The highest BCUT2D eigenvalue weighted by molar-refractivity contribution is 5.98. The van der Waals surface area contributed by atoms with Crippen LogP contribution >= 0.6 is 0 Å². The van der Waals surface area contributed by atoms with Crippen molar-refractivity contribution in [1.29, 1.82) is 0 Å². The highest BCUT2D eigenvalue weighted by Gasteiger charge is 2.38. The first-order valence-electron chi connectivity index (χ1n) is 10.8. The van der Waals surface area contributed by atoms with Crippen molar-refractivity contribution in [2.24, 2.45) is 17.8 Å². The lowest BCUT2D eigenvalue weighted by Crippen LogP contribution is -2.54. The van der Waals surface area contributed by atoms with E-state index in [0.29, 0.717) is 31.1 Å². The van der Waals surface area contributed by atoms with Gasteiger partial charge in [-0.1, -0.05) is 32.0 Å². The predicted octanol–water partition coefficient (Wildman–Crippen LogP) is 2.51. The number of nitrogens with one attached hydrogen (secondary N) is 2. The van der Waals surface area contributed by atoms with Gasteiger partial charge in [0.15, 0.2) is 0 Å². The Balaban J connectivity index is 1.67. The molecule has 0 radical (unpaired) electrons. The number of hydrogen-bond donors (Lipinski definition) is 2. The summed E-state index contributed by atoms with van der Waals surface area (Å²) in [4.78, 5) is 40.1. The molecule has 1 aromatic carbocycles. The van der Waals surface area contributed by atoms with Crippen LogP contribution in [0.15, 0.2) is 24.3 Å². The maximum atomic E-state index is 12.9. The Hall–Kier alpha value is -2.37. The second-order valence-electron chi connectivity index (χ2n) is 8.84. The molecule has 1 aliphatic heterocycles. The van der Waals surface area contributed by atoms with Crippen molar-refractivity contribution in [2.45, 2.75) is 52.5 Å². The van der Waals surface area contributed by atoms with Gasteiger partial charge in [-0.05, 0) is 56.1 Å². The van der Waals surface area contributed by atoms with Crippen molar-refractivity contribution in [2.75, 3.05) is 19.6 Å². The fourth-order valence-corrected chi connectivity index (χ4v) is 3.90. The van der Waals surface area contributed by atoms with Crippen molar-refractivity contribution in [3.63, 3.8) is 0 Å². The number of nitrogens with zero attached hydrogens (tertiary/aromatic N) is 1. The Labute approximate surface area is 173 Å². The molecule has 6 nitrogen and oxygen atoms in total. The molecule has 2 aliphatic rings. The first kappa shape index (κ1) is 21.3. The van der Waals surface area contributed by atoms with E-state index in [4.69, 9.17) is 0 Å². The third kappa shape index (κ3) is 5.58. The zero-order valence-corrected chi connectivity index (χ0v) is 17.7. The average molecular weight is 400 g/mol. The van der Waals surface area contributed by atoms with Gasteiger partial charge in [-0.15, -0.1) is 0 Å². The number of carbonyl (C=O) groups excluding carboxylic acids is 3. The molecule has 6 heteroatoms. The van der Waals surface area contributed by atoms with Gasteiger partial charge in [0.2, 0.25) is 11.8 Å². The number of likely N-dealkylation sites (tertiary alicyclic amines) is 1. The highest BCUT2D eigenvalue weighted by atomic mass is 16.2. The maximum Gasteiger partial charge on any atom is 0.252 e. The zero-order chi connectivity index (χ0) is 21.0. The average Bonchev–Trinajstić information content (AvgIpc) is 3.55. The van der Waals surface area contributed by atoms with Crippen LogP contribution in [0.4, 0.5) is 0 Å². The van der Waals surface area contributed by atoms with Crippen LogP contribution < -0.4 is 10.6 Å². The lowest BCUT2D eigenvalue weighted by Gasteiger charge is -2.36. The largest absolute Gasteiger partial charge is 0.354 e. The summed E-state index contributed by atoms with van der Waals surface area (Å²) in [7, 11) is 0. The van der Waals surface area contributed by atoms with Gasteiger partial charge >= 0.3 is 0 Å². The third-order valence-electron chi connectivity index (χ3n) is 5.89. The molecule has 0 aromatic heterocycles. The lowest BCUT2D eigenvalue weighted by molar-refractivity contribution is -0.134. The Kier molecular flexibility index (Phi) is 6.93. The van der Waals surface area contributed by atoms with Crippen LogP contribution in [0.2, 0.25) is 0 Å². The molecular weight excluding hydrogens is 366 g/mol. The molecule has 2 fully saturated rings. The van der Waals surface area contributed by atoms with E-state index < -0.39 is 6.04 Å². The first-order valence-corrected chi connectivity index (χ1v) is 10.8. The molecule has 158 valence electrons. The van der Waals surface area contributed by atoms with Crippen molar-refractivity contribution in [3.05, 3.63) is 35.4 Å². The number of rotatable bonds is 7. The van der Waals surface area contributed by atoms with E-state index in [9.17, 15) is 14.4 Å². The molecule has 1 aromatic rings. The van der Waals surface area contributed by atoms with Crippen LogP contribution in [0.5, 0.6) is 0 Å². The molecule has 1 saturated carbocycles. The quantitative estimate of drug-likeness (QED) is 0.739. The van der Waals surface area contributed by atoms with E-state index in [1.54, 1.807) is 6.07 Å². The molecule has 29 heavy (non-hydrogen) atoms. The van der Waals surface area contributed by atoms with Crippen LogP contribution in [0.1, 0.15) is 55.5 Å². The summed E-state index contributed by atoms with van der Waals surface area (Å²) in [6, 6.07) is 6.82. The van der Waals surface area contributed by atoms with E-state index in [-0.39, 0.29) is 29.6 Å². The van der Waals surface area contributed by atoms with Gasteiger partial charge in [-0.2, -0.15) is 0 Å². The van der Waals surface area contributed by atoms with Crippen molar-refractivity contribution < 1.29 is 14.4 Å². The van der Waals surface area contributed by atoms with Gasteiger partial charge in [-0.3, -0.25) is 14.4 Å². The Bertz CT molecular complexity index is 749. The Morgan fingerprint density at radius 1 is 1.07 bits per heavy atom. The Morgan fingerprint density at radius 2 is 1.72 bits per heavy atom. The maximum absolute atomic E-state index is 12.9. The van der Waals surface area contributed by atoms with Crippen molar-refractivity contribution >= 4 is 17.7 Å². The van der Waals surface area contributed by atoms with Gasteiger partial charge in [0.25, 0.3) is 5.91 Å². The van der Waals surface area contributed by atoms with E-state index in [1.807, 2.05) is 43.9 Å². The minimum absolute atomic E-state index is 0.0263. The summed E-state index contributed by atoms with van der Waals surface area (Å²) >= 11 is 0. The van der Waals surface area contributed by atoms with Gasteiger partial charge in [0, 0.05) is 31.1 Å². The summed E-state index contributed by atoms with van der Waals surface area (Å²) in [5.41, 5.74) is 1.48. The van der Waals surface area contributed by atoms with E-state index in [1.165, 1.54) is 0 Å². The lowest BCUT2D eigenvalue weighted by atomic mass is 9.88. The summed E-state index contributed by atoms with van der Waals surface area (Å²) in [6.45, 7) is 7.88. The number of amides is 3. The molecule has 1 atom stereocenters. The smallest absolute Gasteiger partial charge is 0.252 e. The minimum Gasteiger partial charge on any atom is -0.354 e. The van der Waals surface area contributed by atoms with Crippen LogP contribution in [-0.4, -0.2) is 48.3 Å². The summed E-state index contributed by atoms with van der Waals surface area (Å²) in [6.07, 6.45) is 3.47. The SMILES string of the molecule is Cc1ccccc1C(=O)N[C@@H](C(=O)NCC(C)C)C1CCN(C(=O)C2CC2)CC1. The summed E-state index contributed by atoms with van der Waals surface area (Å²) in [5.74, 6) is 0.491. The van der Waals surface area contributed by atoms with E-state index in [0.717, 1.165) is 31.2 Å². The highest BCUT2D eigenvalue weighted by Crippen LogP contribution is 2.33. The topological polar surface area (TPSA) is 78.5 Å². The number of benzene rings is 1. The standard InChI is InChI=1S/C23H33N3O3/c1-15(2)14-24-22(28)20(25-21(27)19-7-5-4-6-16(19)3)17-10-12-26(13-11-17)23(29)18-8-9-18/h4-7,15,17-18,20H,8-14H2,1-3H3,(H,24,28)(H,25,27)/t20-/m1/s1. The Morgan fingerprint density at radius 3 is 2.31 bits per heavy atom. The number of aryl methyl sites for hydroxylation is 1. The number of piperidine rings is 1. The fraction of sp³-hybridized carbons (Fsp3) is 0.609. The second-order valence-corrected chi connectivity index (χ2v) is 8.84. The predicted molar refractivity (Wildman–Crippen MR) is 112 cm³/mol. The minimum atomic E-state index is -0.584. The molecular formula is C23H33N3O3. The van der Waals surface area contributed by atoms with Crippen LogP contribution in [0, 0.1) is 24.7 Å². The number of carbonyl (C=O) groups is 3. The molecule has 0 unspecified atom stereocenters. The van der Waals surface area contributed by atoms with Gasteiger partial charge in [0.05, 0.1) is 0 Å². The normalized spacial score (nSPS) is 18.4. The third-order valence-corrected chi connectivity index (χ3v) is 5.89. The molecule has 1 heterocycles. The van der Waals surface area contributed by atoms with Crippen LogP contribution in [0.25, 0.3) is 0 Å². The van der Waals surface area contributed by atoms with Gasteiger partial charge < -0.3 is 15.5 Å². The van der Waals surface area contributed by atoms with E-state index in [2.05, 4.69) is 10.6 Å². The molecule has 1 saturated heterocycles. The molecule has 3 amide bonds. The second kappa shape index (κ2) is 9.42. The van der Waals surface area contributed by atoms with Crippen molar-refractivity contribution in [1.82, 2.24) is 15.5 Å². The first-order chi connectivity index (χ1) is 13.9.